The largest absolute Gasteiger partial charge is 0.550 e. The highest BCUT2D eigenvalue weighted by atomic mass is 16.4. The van der Waals surface area contributed by atoms with E-state index in [1.807, 2.05) is 23.9 Å². The Balaban J connectivity index is 2.68. The number of hydrogen-bond acceptors (Lipinski definition) is 2. The molecule has 0 amide bonds. The molecule has 1 aromatic rings. The van der Waals surface area contributed by atoms with E-state index >= 15 is 0 Å². The Hall–Kier alpha value is -1.32. The van der Waals surface area contributed by atoms with Crippen LogP contribution in [0.15, 0.2) is 12.4 Å². The average Bonchev–Trinajstić information content (AvgIpc) is 2.57. The van der Waals surface area contributed by atoms with Crippen molar-refractivity contribution in [3.63, 3.8) is 0 Å². The third-order valence-electron chi connectivity index (χ3n) is 2.88. The molecule has 1 unspecified atom stereocenters. The molecule has 0 aliphatic rings. The Morgan fingerprint density at radius 2 is 2.31 bits per heavy atom. The summed E-state index contributed by atoms with van der Waals surface area (Å²) >= 11 is 0. The first kappa shape index (κ1) is 12.7. The number of carboxylic acids is 1. The van der Waals surface area contributed by atoms with Crippen LogP contribution in [0.25, 0.3) is 0 Å². The minimum Gasteiger partial charge on any atom is -0.550 e. The maximum Gasteiger partial charge on any atom is 0.253 e. The molecule has 0 bridgehead atoms. The van der Waals surface area contributed by atoms with E-state index in [9.17, 15) is 9.90 Å². The fourth-order valence-electron chi connectivity index (χ4n) is 1.67. The maximum absolute atomic E-state index is 10.7. The second-order valence-electron chi connectivity index (χ2n) is 4.26. The fraction of sp³-hybridized carbons (Fsp3) is 0.667. The number of imidazole rings is 1. The summed E-state index contributed by atoms with van der Waals surface area (Å²) in [5, 5.41) is 10.7. The van der Waals surface area contributed by atoms with E-state index in [0.717, 1.165) is 25.2 Å². The summed E-state index contributed by atoms with van der Waals surface area (Å²) in [6, 6.07) is 0. The third-order valence-corrected chi connectivity index (χ3v) is 2.88. The van der Waals surface area contributed by atoms with E-state index in [2.05, 4.69) is 11.5 Å². The van der Waals surface area contributed by atoms with Gasteiger partial charge in [-0.15, -0.1) is 0 Å². The van der Waals surface area contributed by atoms with Crippen molar-refractivity contribution >= 4 is 5.97 Å². The highest BCUT2D eigenvalue weighted by Gasteiger charge is 2.14. The van der Waals surface area contributed by atoms with Crippen molar-refractivity contribution < 1.29 is 14.5 Å². The van der Waals surface area contributed by atoms with Gasteiger partial charge in [-0.2, -0.15) is 0 Å². The van der Waals surface area contributed by atoms with Crippen molar-refractivity contribution in [2.24, 2.45) is 5.92 Å². The first-order valence-corrected chi connectivity index (χ1v) is 5.82. The molecule has 0 saturated carbocycles. The van der Waals surface area contributed by atoms with E-state index in [-0.39, 0.29) is 0 Å². The van der Waals surface area contributed by atoms with Crippen LogP contribution < -0.4 is 9.67 Å². The number of nitrogens with zero attached hydrogens (tertiary/aromatic N) is 2. The van der Waals surface area contributed by atoms with Crippen molar-refractivity contribution in [1.29, 1.82) is 0 Å². The summed E-state index contributed by atoms with van der Waals surface area (Å²) in [5.41, 5.74) is 0. The lowest BCUT2D eigenvalue weighted by Crippen LogP contribution is -2.44. The Bertz CT molecular complexity index is 358. The monoisotopic (exact) mass is 224 g/mol. The molecule has 0 aliphatic carbocycles. The zero-order valence-electron chi connectivity index (χ0n) is 10.3. The summed E-state index contributed by atoms with van der Waals surface area (Å²) in [5.74, 6) is -0.347. The summed E-state index contributed by atoms with van der Waals surface area (Å²) in [6.07, 6.45) is 6.25. The Morgan fingerprint density at radius 1 is 1.62 bits per heavy atom. The van der Waals surface area contributed by atoms with Crippen LogP contribution in [0.4, 0.5) is 0 Å². The molecule has 0 saturated heterocycles. The van der Waals surface area contributed by atoms with E-state index in [1.54, 1.807) is 6.92 Å². The topological polar surface area (TPSA) is 48.9 Å². The molecule has 0 aromatic carbocycles. The molecule has 0 fully saturated rings. The summed E-state index contributed by atoms with van der Waals surface area (Å²) < 4.78 is 4.13. The van der Waals surface area contributed by atoms with Gasteiger partial charge in [-0.3, -0.25) is 0 Å². The molecular weight excluding hydrogens is 204 g/mol. The molecule has 0 N–H and O–H groups in total. The first-order valence-electron chi connectivity index (χ1n) is 5.82. The highest BCUT2D eigenvalue weighted by Crippen LogP contribution is 2.00. The number of aromatic nitrogens is 2. The number of unbranched alkanes of at least 4 members (excludes halogenated alkanes) is 1. The average molecular weight is 224 g/mol. The van der Waals surface area contributed by atoms with E-state index in [1.165, 1.54) is 0 Å². The first-order chi connectivity index (χ1) is 7.56. The number of rotatable bonds is 6. The van der Waals surface area contributed by atoms with E-state index in [4.69, 9.17) is 0 Å². The number of hydrogen-bond donors (Lipinski definition) is 0. The zero-order chi connectivity index (χ0) is 12.1. The third kappa shape index (κ3) is 3.08. The van der Waals surface area contributed by atoms with Crippen LogP contribution in [0, 0.1) is 12.8 Å². The van der Waals surface area contributed by atoms with Gasteiger partial charge >= 0.3 is 0 Å². The van der Waals surface area contributed by atoms with E-state index in [0.29, 0.717) is 6.54 Å². The highest BCUT2D eigenvalue weighted by molar-refractivity contribution is 5.66. The minimum atomic E-state index is -0.992. The Labute approximate surface area is 96.5 Å². The fourth-order valence-corrected chi connectivity index (χ4v) is 1.67. The summed E-state index contributed by atoms with van der Waals surface area (Å²) in [7, 11) is 0. The molecule has 1 heterocycles. The molecule has 0 aliphatic heterocycles. The summed E-state index contributed by atoms with van der Waals surface area (Å²) in [4.78, 5) is 10.7. The smallest absolute Gasteiger partial charge is 0.253 e. The van der Waals surface area contributed by atoms with Crippen LogP contribution >= 0.6 is 0 Å². The lowest BCUT2D eigenvalue weighted by molar-refractivity contribution is -0.707. The number of carbonyl (C=O) groups is 1. The van der Waals surface area contributed by atoms with Crippen LogP contribution in [0.3, 0.4) is 0 Å². The molecule has 90 valence electrons. The zero-order valence-corrected chi connectivity index (χ0v) is 10.3. The lowest BCUT2D eigenvalue weighted by atomic mass is 10.2. The quantitative estimate of drug-likeness (QED) is 0.651. The van der Waals surface area contributed by atoms with Crippen molar-refractivity contribution in [2.45, 2.75) is 46.7 Å². The van der Waals surface area contributed by atoms with Gasteiger partial charge in [0.2, 0.25) is 0 Å². The molecule has 0 spiro atoms. The van der Waals surface area contributed by atoms with Crippen molar-refractivity contribution in [2.75, 3.05) is 0 Å². The van der Waals surface area contributed by atoms with E-state index < -0.39 is 11.9 Å². The Morgan fingerprint density at radius 3 is 2.88 bits per heavy atom. The number of aliphatic carboxylic acids is 1. The molecule has 4 heteroatoms. The van der Waals surface area contributed by atoms with Crippen LogP contribution in [0.2, 0.25) is 0 Å². The Kier molecular flexibility index (Phi) is 4.52. The van der Waals surface area contributed by atoms with Crippen molar-refractivity contribution in [3.8, 4) is 0 Å². The maximum atomic E-state index is 10.7. The van der Waals surface area contributed by atoms with Crippen LogP contribution in [0.1, 0.15) is 32.5 Å². The van der Waals surface area contributed by atoms with Gasteiger partial charge in [-0.05, 0) is 6.42 Å². The van der Waals surface area contributed by atoms with Gasteiger partial charge < -0.3 is 9.90 Å². The van der Waals surface area contributed by atoms with Gasteiger partial charge in [0.25, 0.3) is 5.82 Å². The normalized spacial score (nSPS) is 12.7. The van der Waals surface area contributed by atoms with Crippen molar-refractivity contribution in [1.82, 2.24) is 4.57 Å². The second-order valence-corrected chi connectivity index (χ2v) is 4.26. The van der Waals surface area contributed by atoms with Crippen LogP contribution in [-0.4, -0.2) is 10.5 Å². The predicted molar refractivity (Wildman–Crippen MR) is 58.4 cm³/mol. The number of carboxylic acid groups (broad SMARTS) is 1. The summed E-state index contributed by atoms with van der Waals surface area (Å²) in [6.45, 7) is 7.32. The molecule has 16 heavy (non-hydrogen) atoms. The van der Waals surface area contributed by atoms with Gasteiger partial charge in [-0.25, -0.2) is 9.13 Å². The number of carbonyl (C=O) groups excluding carboxylic acids is 1. The van der Waals surface area contributed by atoms with Gasteiger partial charge in [0.15, 0.2) is 0 Å². The van der Waals surface area contributed by atoms with Gasteiger partial charge in [0.05, 0.1) is 13.1 Å². The molecular formula is C12H20N2O2. The number of aryl methyl sites for hydroxylation is 1. The molecule has 0 radical (unpaired) electrons. The second kappa shape index (κ2) is 5.68. The minimum absolute atomic E-state index is 0.453. The molecule has 1 aromatic heterocycles. The van der Waals surface area contributed by atoms with Crippen LogP contribution in [0.5, 0.6) is 0 Å². The van der Waals surface area contributed by atoms with Gasteiger partial charge in [0.1, 0.15) is 12.4 Å². The SMILES string of the molecule is CCCCn1cc[n+](CC(C)C(=O)[O-])c1C. The van der Waals surface area contributed by atoms with Crippen molar-refractivity contribution in [3.05, 3.63) is 18.2 Å². The lowest BCUT2D eigenvalue weighted by Gasteiger charge is -2.10. The predicted octanol–water partition coefficient (Wildman–Crippen LogP) is 0.270. The van der Waals surface area contributed by atoms with Gasteiger partial charge in [-0.1, -0.05) is 20.3 Å². The molecule has 4 nitrogen and oxygen atoms in total. The molecule has 1 atom stereocenters. The van der Waals surface area contributed by atoms with Gasteiger partial charge in [0, 0.05) is 18.8 Å². The van der Waals surface area contributed by atoms with Crippen LogP contribution in [-0.2, 0) is 17.9 Å². The standard InChI is InChI=1S/C12H20N2O2/c1-4-5-6-13-7-8-14(11(13)3)9-10(2)12(15)16/h7-8,10H,4-6,9H2,1-3H3. The molecule has 1 rings (SSSR count).